The van der Waals surface area contributed by atoms with Gasteiger partial charge in [-0.1, -0.05) is 19.8 Å². The van der Waals surface area contributed by atoms with E-state index in [-0.39, 0.29) is 0 Å². The van der Waals surface area contributed by atoms with Gasteiger partial charge in [0, 0.05) is 12.2 Å². The highest BCUT2D eigenvalue weighted by atomic mass is 15.0. The Morgan fingerprint density at radius 2 is 2.21 bits per heavy atom. The van der Waals surface area contributed by atoms with Crippen molar-refractivity contribution in [2.75, 3.05) is 5.32 Å². The highest BCUT2D eigenvalue weighted by molar-refractivity contribution is 5.33. The van der Waals surface area contributed by atoms with E-state index < -0.39 is 0 Å². The maximum atomic E-state index is 4.19. The molecule has 0 radical (unpaired) electrons. The lowest BCUT2D eigenvalue weighted by Gasteiger charge is -2.29. The lowest BCUT2D eigenvalue weighted by molar-refractivity contribution is 0.349. The van der Waals surface area contributed by atoms with E-state index in [1.165, 1.54) is 25.7 Å². The molecule has 3 heteroatoms. The third kappa shape index (κ3) is 2.22. The molecule has 14 heavy (non-hydrogen) atoms. The van der Waals surface area contributed by atoms with Crippen LogP contribution in [0.25, 0.3) is 0 Å². The molecule has 0 saturated heterocycles. The van der Waals surface area contributed by atoms with Gasteiger partial charge in [-0.3, -0.25) is 0 Å². The number of aromatic nitrogens is 2. The number of nitrogens with zero attached hydrogens (tertiary/aromatic N) is 2. The predicted molar refractivity (Wildman–Crippen MR) is 57.1 cm³/mol. The van der Waals surface area contributed by atoms with E-state index in [0.717, 1.165) is 11.7 Å². The molecule has 1 aromatic heterocycles. The average molecular weight is 191 g/mol. The zero-order valence-electron chi connectivity index (χ0n) is 8.61. The van der Waals surface area contributed by atoms with Crippen molar-refractivity contribution >= 4 is 5.82 Å². The second kappa shape index (κ2) is 4.40. The molecule has 76 valence electrons. The Labute approximate surface area is 85.0 Å². The van der Waals surface area contributed by atoms with E-state index in [2.05, 4.69) is 22.2 Å². The first-order chi connectivity index (χ1) is 6.86. The maximum absolute atomic E-state index is 4.19. The zero-order valence-corrected chi connectivity index (χ0v) is 8.61. The Bertz CT molecular complexity index is 273. The monoisotopic (exact) mass is 191 g/mol. The van der Waals surface area contributed by atoms with Crippen molar-refractivity contribution in [2.45, 2.75) is 38.6 Å². The van der Waals surface area contributed by atoms with Crippen molar-refractivity contribution in [1.82, 2.24) is 9.97 Å². The Balaban J connectivity index is 1.96. The van der Waals surface area contributed by atoms with E-state index in [4.69, 9.17) is 0 Å². The molecule has 1 saturated carbocycles. The lowest BCUT2D eigenvalue weighted by atomic mass is 9.86. The van der Waals surface area contributed by atoms with Crippen LogP contribution in [0, 0.1) is 5.92 Å². The fraction of sp³-hybridized carbons (Fsp3) is 0.636. The molecule has 1 N–H and O–H groups in total. The van der Waals surface area contributed by atoms with Crippen LogP contribution in [-0.4, -0.2) is 16.0 Å². The van der Waals surface area contributed by atoms with Gasteiger partial charge in [0.2, 0.25) is 0 Å². The number of hydrogen-bond donors (Lipinski definition) is 1. The molecular formula is C11H17N3. The van der Waals surface area contributed by atoms with Crippen molar-refractivity contribution in [3.8, 4) is 0 Å². The van der Waals surface area contributed by atoms with Crippen molar-refractivity contribution in [3.63, 3.8) is 0 Å². The van der Waals surface area contributed by atoms with Gasteiger partial charge in [0.1, 0.15) is 12.1 Å². The largest absolute Gasteiger partial charge is 0.367 e. The van der Waals surface area contributed by atoms with Gasteiger partial charge in [0.05, 0.1) is 0 Å². The molecule has 2 rings (SSSR count). The third-order valence-electron chi connectivity index (χ3n) is 3.03. The molecule has 1 aliphatic carbocycles. The first-order valence-corrected chi connectivity index (χ1v) is 5.39. The van der Waals surface area contributed by atoms with Crippen molar-refractivity contribution < 1.29 is 0 Å². The standard InChI is InChI=1S/C11H17N3/c1-9-4-2-3-5-10(9)14-11-6-7-12-8-13-11/h6-10H,2-5H2,1H3,(H,12,13,14). The molecule has 0 amide bonds. The van der Waals surface area contributed by atoms with Crippen LogP contribution in [0.4, 0.5) is 5.82 Å². The van der Waals surface area contributed by atoms with Crippen LogP contribution < -0.4 is 5.32 Å². The average Bonchev–Trinajstić information content (AvgIpc) is 2.23. The first-order valence-electron chi connectivity index (χ1n) is 5.39. The van der Waals surface area contributed by atoms with Crippen LogP contribution in [0.2, 0.25) is 0 Å². The second-order valence-corrected chi connectivity index (χ2v) is 4.11. The van der Waals surface area contributed by atoms with Gasteiger partial charge in [-0.05, 0) is 24.8 Å². The molecular weight excluding hydrogens is 174 g/mol. The fourth-order valence-electron chi connectivity index (χ4n) is 2.10. The zero-order chi connectivity index (χ0) is 9.80. The third-order valence-corrected chi connectivity index (χ3v) is 3.03. The van der Waals surface area contributed by atoms with Crippen LogP contribution in [0.3, 0.4) is 0 Å². The van der Waals surface area contributed by atoms with E-state index >= 15 is 0 Å². The van der Waals surface area contributed by atoms with E-state index in [0.29, 0.717) is 6.04 Å². The Kier molecular flexibility index (Phi) is 2.96. The van der Waals surface area contributed by atoms with Crippen molar-refractivity contribution in [1.29, 1.82) is 0 Å². The highest BCUT2D eigenvalue weighted by Gasteiger charge is 2.20. The van der Waals surface area contributed by atoms with E-state index in [1.54, 1.807) is 12.5 Å². The molecule has 1 fully saturated rings. The summed E-state index contributed by atoms with van der Waals surface area (Å²) < 4.78 is 0. The summed E-state index contributed by atoms with van der Waals surface area (Å²) in [5, 5.41) is 3.48. The minimum absolute atomic E-state index is 0.596. The van der Waals surface area contributed by atoms with Gasteiger partial charge in [0.15, 0.2) is 0 Å². The minimum Gasteiger partial charge on any atom is -0.367 e. The fourth-order valence-corrected chi connectivity index (χ4v) is 2.10. The molecule has 1 aliphatic rings. The van der Waals surface area contributed by atoms with E-state index in [9.17, 15) is 0 Å². The second-order valence-electron chi connectivity index (χ2n) is 4.11. The summed E-state index contributed by atoms with van der Waals surface area (Å²) in [5.74, 6) is 1.72. The van der Waals surface area contributed by atoms with Gasteiger partial charge >= 0.3 is 0 Å². The van der Waals surface area contributed by atoms with Crippen molar-refractivity contribution in [3.05, 3.63) is 18.6 Å². The maximum Gasteiger partial charge on any atom is 0.129 e. The topological polar surface area (TPSA) is 37.8 Å². The number of rotatable bonds is 2. The summed E-state index contributed by atoms with van der Waals surface area (Å²) in [5.41, 5.74) is 0. The molecule has 3 nitrogen and oxygen atoms in total. The molecule has 1 aromatic rings. The molecule has 0 spiro atoms. The number of nitrogens with one attached hydrogen (secondary N) is 1. The van der Waals surface area contributed by atoms with Gasteiger partial charge in [-0.2, -0.15) is 0 Å². The smallest absolute Gasteiger partial charge is 0.129 e. The summed E-state index contributed by atoms with van der Waals surface area (Å²) >= 11 is 0. The van der Waals surface area contributed by atoms with Gasteiger partial charge in [0.25, 0.3) is 0 Å². The lowest BCUT2D eigenvalue weighted by Crippen LogP contribution is -2.30. The van der Waals surface area contributed by atoms with Crippen molar-refractivity contribution in [2.24, 2.45) is 5.92 Å². The molecule has 0 bridgehead atoms. The Morgan fingerprint density at radius 3 is 2.93 bits per heavy atom. The summed E-state index contributed by atoms with van der Waals surface area (Å²) in [7, 11) is 0. The molecule has 2 atom stereocenters. The Morgan fingerprint density at radius 1 is 1.36 bits per heavy atom. The summed E-state index contributed by atoms with van der Waals surface area (Å²) in [4.78, 5) is 8.09. The van der Waals surface area contributed by atoms with Gasteiger partial charge in [-0.25, -0.2) is 9.97 Å². The first kappa shape index (κ1) is 9.44. The highest BCUT2D eigenvalue weighted by Crippen LogP contribution is 2.25. The predicted octanol–water partition coefficient (Wildman–Crippen LogP) is 2.47. The Hall–Kier alpha value is -1.12. The van der Waals surface area contributed by atoms with Gasteiger partial charge in [-0.15, -0.1) is 0 Å². The van der Waals surface area contributed by atoms with Crippen LogP contribution in [0.5, 0.6) is 0 Å². The van der Waals surface area contributed by atoms with Gasteiger partial charge < -0.3 is 5.32 Å². The van der Waals surface area contributed by atoms with Crippen LogP contribution in [0.1, 0.15) is 32.6 Å². The molecule has 1 heterocycles. The summed E-state index contributed by atoms with van der Waals surface area (Å²) in [6, 6.07) is 2.53. The minimum atomic E-state index is 0.596. The van der Waals surface area contributed by atoms with Crippen LogP contribution >= 0.6 is 0 Å². The molecule has 2 unspecified atom stereocenters. The molecule has 0 aromatic carbocycles. The summed E-state index contributed by atoms with van der Waals surface area (Å²) in [6.45, 7) is 2.32. The normalized spacial score (nSPS) is 27.2. The van der Waals surface area contributed by atoms with E-state index in [1.807, 2.05) is 6.07 Å². The number of anilines is 1. The number of hydrogen-bond acceptors (Lipinski definition) is 3. The van der Waals surface area contributed by atoms with Crippen LogP contribution in [0.15, 0.2) is 18.6 Å². The SMILES string of the molecule is CC1CCCCC1Nc1ccncn1. The molecule has 0 aliphatic heterocycles. The summed E-state index contributed by atoms with van der Waals surface area (Å²) in [6.07, 6.45) is 8.70. The quantitative estimate of drug-likeness (QED) is 0.780. The van der Waals surface area contributed by atoms with Crippen LogP contribution in [-0.2, 0) is 0 Å².